The highest BCUT2D eigenvalue weighted by molar-refractivity contribution is 7.15. The lowest BCUT2D eigenvalue weighted by molar-refractivity contribution is -0.380. The quantitative estimate of drug-likeness (QED) is 0.566. The van der Waals surface area contributed by atoms with E-state index in [-0.39, 0.29) is 5.00 Å². The van der Waals surface area contributed by atoms with Gasteiger partial charge in [-0.1, -0.05) is 11.3 Å². The summed E-state index contributed by atoms with van der Waals surface area (Å²) >= 11 is 1.15. The fourth-order valence-corrected chi connectivity index (χ4v) is 1.56. The zero-order valence-corrected chi connectivity index (χ0v) is 7.04. The molecule has 0 bridgehead atoms. The lowest BCUT2D eigenvalue weighted by Gasteiger charge is -1.91. The van der Waals surface area contributed by atoms with Gasteiger partial charge in [0, 0.05) is 17.4 Å². The molecule has 0 spiro atoms. The van der Waals surface area contributed by atoms with E-state index in [1.165, 1.54) is 6.07 Å². The molecule has 0 amide bonds. The molecule has 66 valence electrons. The van der Waals surface area contributed by atoms with Gasteiger partial charge in [-0.25, -0.2) is 5.90 Å². The van der Waals surface area contributed by atoms with Crippen LogP contribution in [0.3, 0.4) is 0 Å². The molecule has 12 heavy (non-hydrogen) atoms. The second-order valence-electron chi connectivity index (χ2n) is 2.12. The molecule has 0 atom stereocenters. The Morgan fingerprint density at radius 1 is 1.67 bits per heavy atom. The molecule has 0 saturated carbocycles. The summed E-state index contributed by atoms with van der Waals surface area (Å²) in [5, 5.41) is 10.4. The van der Waals surface area contributed by atoms with E-state index in [2.05, 4.69) is 4.84 Å². The molecule has 0 aliphatic rings. The smallest absolute Gasteiger partial charge is 0.304 e. The summed E-state index contributed by atoms with van der Waals surface area (Å²) in [6.07, 6.45) is 0.620. The van der Waals surface area contributed by atoms with Gasteiger partial charge in [-0.3, -0.25) is 10.1 Å². The lowest BCUT2D eigenvalue weighted by Crippen LogP contribution is -2.02. The van der Waals surface area contributed by atoms with E-state index in [0.717, 1.165) is 16.2 Å². The van der Waals surface area contributed by atoms with Gasteiger partial charge in [0.25, 0.3) is 0 Å². The molecule has 0 unspecified atom stereocenters. The highest BCUT2D eigenvalue weighted by Gasteiger charge is 2.08. The molecular formula is C6H8N2O3S. The van der Waals surface area contributed by atoms with Crippen molar-refractivity contribution in [2.24, 2.45) is 5.90 Å². The maximum Gasteiger partial charge on any atom is 0.324 e. The molecule has 0 fully saturated rings. The van der Waals surface area contributed by atoms with Crippen molar-refractivity contribution in [1.29, 1.82) is 0 Å². The van der Waals surface area contributed by atoms with Gasteiger partial charge in [-0.05, 0) is 6.07 Å². The molecule has 6 heteroatoms. The van der Waals surface area contributed by atoms with E-state index in [0.29, 0.717) is 13.0 Å². The second-order valence-corrected chi connectivity index (χ2v) is 3.26. The molecule has 1 rings (SSSR count). The van der Waals surface area contributed by atoms with Crippen LogP contribution in [-0.4, -0.2) is 11.5 Å². The molecule has 0 aromatic carbocycles. The van der Waals surface area contributed by atoms with Crippen molar-refractivity contribution < 1.29 is 9.76 Å². The minimum Gasteiger partial charge on any atom is -0.304 e. The summed E-state index contributed by atoms with van der Waals surface area (Å²) in [6, 6.07) is 3.19. The van der Waals surface area contributed by atoms with Crippen molar-refractivity contribution in [3.8, 4) is 0 Å². The zero-order valence-electron chi connectivity index (χ0n) is 6.23. The van der Waals surface area contributed by atoms with Crippen LogP contribution in [0.15, 0.2) is 12.1 Å². The van der Waals surface area contributed by atoms with Crippen LogP contribution in [0.4, 0.5) is 5.00 Å². The third-order valence-electron chi connectivity index (χ3n) is 1.29. The first-order chi connectivity index (χ1) is 5.74. The summed E-state index contributed by atoms with van der Waals surface area (Å²) in [5.41, 5.74) is 0. The Hall–Kier alpha value is -0.980. The summed E-state index contributed by atoms with van der Waals surface area (Å²) in [5.74, 6) is 4.81. The number of nitrogens with zero attached hydrogens (tertiary/aromatic N) is 1. The Balaban J connectivity index is 2.58. The first-order valence-corrected chi connectivity index (χ1v) is 4.10. The first kappa shape index (κ1) is 9.11. The van der Waals surface area contributed by atoms with Crippen molar-refractivity contribution in [2.45, 2.75) is 6.42 Å². The first-order valence-electron chi connectivity index (χ1n) is 3.29. The highest BCUT2D eigenvalue weighted by atomic mass is 32.1. The van der Waals surface area contributed by atoms with Crippen LogP contribution in [0, 0.1) is 10.1 Å². The monoisotopic (exact) mass is 188 g/mol. The highest BCUT2D eigenvalue weighted by Crippen LogP contribution is 2.23. The average Bonchev–Trinajstić information content (AvgIpc) is 2.48. The van der Waals surface area contributed by atoms with Crippen molar-refractivity contribution in [2.75, 3.05) is 6.61 Å². The van der Waals surface area contributed by atoms with Crippen molar-refractivity contribution in [3.63, 3.8) is 0 Å². The van der Waals surface area contributed by atoms with Gasteiger partial charge in [0.2, 0.25) is 0 Å². The van der Waals surface area contributed by atoms with Crippen LogP contribution in [0.25, 0.3) is 0 Å². The number of nitro groups is 1. The van der Waals surface area contributed by atoms with Gasteiger partial charge in [0.15, 0.2) is 0 Å². The predicted molar refractivity (Wildman–Crippen MR) is 44.8 cm³/mol. The maximum absolute atomic E-state index is 10.2. The van der Waals surface area contributed by atoms with Crippen LogP contribution in [0.2, 0.25) is 0 Å². The van der Waals surface area contributed by atoms with Crippen LogP contribution in [-0.2, 0) is 11.3 Å². The average molecular weight is 188 g/mol. The minimum atomic E-state index is -0.405. The Kier molecular flexibility index (Phi) is 3.15. The van der Waals surface area contributed by atoms with Crippen LogP contribution >= 0.6 is 11.3 Å². The third kappa shape index (κ3) is 2.26. The Morgan fingerprint density at radius 2 is 2.42 bits per heavy atom. The van der Waals surface area contributed by atoms with E-state index in [1.807, 2.05) is 0 Å². The van der Waals surface area contributed by atoms with Crippen LogP contribution in [0.1, 0.15) is 4.88 Å². The molecule has 1 heterocycles. The maximum atomic E-state index is 10.2. The summed E-state index contributed by atoms with van der Waals surface area (Å²) in [4.78, 5) is 15.1. The Morgan fingerprint density at radius 3 is 2.92 bits per heavy atom. The van der Waals surface area contributed by atoms with Crippen molar-refractivity contribution in [3.05, 3.63) is 27.1 Å². The predicted octanol–water partition coefficient (Wildman–Crippen LogP) is 1.09. The third-order valence-corrected chi connectivity index (χ3v) is 2.39. The van der Waals surface area contributed by atoms with E-state index in [1.54, 1.807) is 6.07 Å². The summed E-state index contributed by atoms with van der Waals surface area (Å²) in [7, 11) is 0. The number of rotatable bonds is 4. The number of hydrogen-bond donors (Lipinski definition) is 1. The fraction of sp³-hybridized carbons (Fsp3) is 0.333. The number of nitrogens with two attached hydrogens (primary N) is 1. The van der Waals surface area contributed by atoms with E-state index < -0.39 is 4.92 Å². The second kappa shape index (κ2) is 4.15. The molecule has 0 aliphatic heterocycles. The van der Waals surface area contributed by atoms with E-state index in [9.17, 15) is 10.1 Å². The molecule has 0 saturated heterocycles. The Labute approximate surface area is 72.9 Å². The topological polar surface area (TPSA) is 78.4 Å². The minimum absolute atomic E-state index is 0.155. The van der Waals surface area contributed by atoms with Gasteiger partial charge in [0.05, 0.1) is 11.5 Å². The van der Waals surface area contributed by atoms with Gasteiger partial charge in [-0.2, -0.15) is 0 Å². The lowest BCUT2D eigenvalue weighted by atomic mass is 10.4. The SMILES string of the molecule is NOCCc1ccc([N+](=O)[O-])s1. The molecule has 0 radical (unpaired) electrons. The van der Waals surface area contributed by atoms with Gasteiger partial charge in [0.1, 0.15) is 0 Å². The normalized spacial score (nSPS) is 10.1. The molecule has 2 N–H and O–H groups in total. The van der Waals surface area contributed by atoms with Crippen molar-refractivity contribution >= 4 is 16.3 Å². The van der Waals surface area contributed by atoms with Gasteiger partial charge >= 0.3 is 5.00 Å². The molecule has 1 aromatic rings. The molecular weight excluding hydrogens is 180 g/mol. The largest absolute Gasteiger partial charge is 0.324 e. The molecule has 0 aliphatic carbocycles. The Bertz CT molecular complexity index is 274. The molecule has 1 aromatic heterocycles. The van der Waals surface area contributed by atoms with E-state index in [4.69, 9.17) is 5.90 Å². The fourth-order valence-electron chi connectivity index (χ4n) is 0.759. The standard InChI is InChI=1S/C6H8N2O3S/c7-11-4-3-5-1-2-6(12-5)8(9)10/h1-2H,3-4,7H2. The van der Waals surface area contributed by atoms with E-state index >= 15 is 0 Å². The summed E-state index contributed by atoms with van der Waals surface area (Å²) < 4.78 is 0. The number of hydrogen-bond acceptors (Lipinski definition) is 5. The zero-order chi connectivity index (χ0) is 8.97. The van der Waals surface area contributed by atoms with Gasteiger partial charge in [-0.15, -0.1) is 0 Å². The van der Waals surface area contributed by atoms with Crippen LogP contribution in [0.5, 0.6) is 0 Å². The molecule has 5 nitrogen and oxygen atoms in total. The van der Waals surface area contributed by atoms with Gasteiger partial charge < -0.3 is 4.84 Å². The van der Waals surface area contributed by atoms with Crippen molar-refractivity contribution in [1.82, 2.24) is 0 Å². The summed E-state index contributed by atoms with van der Waals surface area (Å²) in [6.45, 7) is 0.387. The number of thiophene rings is 1. The van der Waals surface area contributed by atoms with Crippen LogP contribution < -0.4 is 5.90 Å².